The normalized spacial score (nSPS) is 27.7. The van der Waals surface area contributed by atoms with Gasteiger partial charge in [0.15, 0.2) is 0 Å². The summed E-state index contributed by atoms with van der Waals surface area (Å²) in [7, 11) is 0. The number of ketones is 1. The summed E-state index contributed by atoms with van der Waals surface area (Å²) in [4.78, 5) is 16.4. The van der Waals surface area contributed by atoms with Crippen LogP contribution in [0.3, 0.4) is 0 Å². The van der Waals surface area contributed by atoms with Crippen molar-refractivity contribution in [2.24, 2.45) is 5.92 Å². The molecule has 19 heavy (non-hydrogen) atoms. The lowest BCUT2D eigenvalue weighted by Gasteiger charge is -2.38. The maximum Gasteiger partial charge on any atom is 0.141 e. The largest absolute Gasteiger partial charge is 0.389 e. The second kappa shape index (κ2) is 6.31. The van der Waals surface area contributed by atoms with E-state index in [0.29, 0.717) is 32.0 Å². The lowest BCUT2D eigenvalue weighted by Crippen LogP contribution is -2.52. The Morgan fingerprint density at radius 1 is 1.26 bits per heavy atom. The minimum absolute atomic E-state index is 0.0644. The summed E-state index contributed by atoms with van der Waals surface area (Å²) in [5.74, 6) is 0.416. The summed E-state index contributed by atoms with van der Waals surface area (Å²) >= 11 is 0. The quantitative estimate of drug-likeness (QED) is 0.778. The topological polar surface area (TPSA) is 53.0 Å². The van der Waals surface area contributed by atoms with Crippen molar-refractivity contribution in [3.05, 3.63) is 0 Å². The van der Waals surface area contributed by atoms with Crippen LogP contribution < -0.4 is 0 Å². The number of carbonyl (C=O) groups is 1. The number of carbonyl (C=O) groups excluding carboxylic acids is 1. The first-order valence-corrected chi connectivity index (χ1v) is 7.21. The van der Waals surface area contributed by atoms with Crippen LogP contribution >= 0.6 is 0 Å². The molecule has 2 aliphatic rings. The monoisotopic (exact) mass is 270 g/mol. The van der Waals surface area contributed by atoms with Gasteiger partial charge in [-0.15, -0.1) is 0 Å². The van der Waals surface area contributed by atoms with Gasteiger partial charge in [0.1, 0.15) is 5.78 Å². The maximum atomic E-state index is 11.8. The molecule has 0 aromatic heterocycles. The van der Waals surface area contributed by atoms with Crippen molar-refractivity contribution in [1.82, 2.24) is 9.80 Å². The molecule has 0 spiro atoms. The Labute approximate surface area is 115 Å². The number of β-amino-alcohol motifs (C(OH)–C–C–N with tert-alkyl or cyclic N) is 1. The average molecular weight is 270 g/mol. The molecule has 1 N–H and O–H groups in total. The third-order valence-corrected chi connectivity index (χ3v) is 3.82. The molecule has 0 aliphatic carbocycles. The second-order valence-electron chi connectivity index (χ2n) is 6.38. The van der Waals surface area contributed by atoms with E-state index < -0.39 is 5.60 Å². The summed E-state index contributed by atoms with van der Waals surface area (Å²) in [5, 5.41) is 9.82. The molecule has 110 valence electrons. The van der Waals surface area contributed by atoms with E-state index in [1.54, 1.807) is 0 Å². The van der Waals surface area contributed by atoms with Gasteiger partial charge >= 0.3 is 0 Å². The zero-order valence-electron chi connectivity index (χ0n) is 12.1. The van der Waals surface area contributed by atoms with Crippen LogP contribution in [0.25, 0.3) is 0 Å². The van der Waals surface area contributed by atoms with Crippen LogP contribution in [0, 0.1) is 5.92 Å². The number of hydrogen-bond acceptors (Lipinski definition) is 5. The third kappa shape index (κ3) is 4.84. The number of piperazine rings is 1. The molecule has 2 fully saturated rings. The van der Waals surface area contributed by atoms with Gasteiger partial charge in [-0.25, -0.2) is 0 Å². The van der Waals surface area contributed by atoms with E-state index in [2.05, 4.69) is 9.80 Å². The van der Waals surface area contributed by atoms with E-state index in [0.717, 1.165) is 32.7 Å². The second-order valence-corrected chi connectivity index (χ2v) is 6.38. The summed E-state index contributed by atoms with van der Waals surface area (Å²) in [5.41, 5.74) is -0.630. The van der Waals surface area contributed by atoms with Gasteiger partial charge < -0.3 is 9.84 Å². The molecule has 2 rings (SSSR count). The van der Waals surface area contributed by atoms with Crippen LogP contribution in [0.5, 0.6) is 0 Å². The van der Waals surface area contributed by atoms with E-state index in [9.17, 15) is 9.90 Å². The van der Waals surface area contributed by atoms with Gasteiger partial charge in [0, 0.05) is 45.7 Å². The molecule has 0 bridgehead atoms. The van der Waals surface area contributed by atoms with Crippen molar-refractivity contribution in [2.45, 2.75) is 25.9 Å². The molecule has 2 aliphatic heterocycles. The number of nitrogens with zero attached hydrogens (tertiary/aromatic N) is 2. The molecule has 5 heteroatoms. The van der Waals surface area contributed by atoms with Gasteiger partial charge in [-0.05, 0) is 13.8 Å². The molecule has 0 aromatic rings. The molecular weight excluding hydrogens is 244 g/mol. The Morgan fingerprint density at radius 3 is 2.47 bits per heavy atom. The molecule has 2 saturated heterocycles. The zero-order valence-corrected chi connectivity index (χ0v) is 12.1. The molecule has 5 nitrogen and oxygen atoms in total. The van der Waals surface area contributed by atoms with Crippen LogP contribution in [-0.4, -0.2) is 78.8 Å². The van der Waals surface area contributed by atoms with E-state index in [4.69, 9.17) is 4.74 Å². The lowest BCUT2D eigenvalue weighted by molar-refractivity contribution is -0.131. The van der Waals surface area contributed by atoms with Gasteiger partial charge in [-0.3, -0.25) is 14.6 Å². The van der Waals surface area contributed by atoms with Gasteiger partial charge in [0.2, 0.25) is 0 Å². The highest BCUT2D eigenvalue weighted by atomic mass is 16.5. The third-order valence-electron chi connectivity index (χ3n) is 3.82. The van der Waals surface area contributed by atoms with Crippen molar-refractivity contribution >= 4 is 5.78 Å². The van der Waals surface area contributed by atoms with Crippen molar-refractivity contribution in [3.63, 3.8) is 0 Å². The van der Waals surface area contributed by atoms with Crippen LogP contribution in [0.15, 0.2) is 0 Å². The first kappa shape index (κ1) is 14.9. The Hall–Kier alpha value is -0.490. The predicted octanol–water partition coefficient (Wildman–Crippen LogP) is -0.0195. The molecule has 0 aromatic carbocycles. The van der Waals surface area contributed by atoms with Gasteiger partial charge in [0.05, 0.1) is 24.7 Å². The summed E-state index contributed by atoms with van der Waals surface area (Å²) in [6, 6.07) is 0. The van der Waals surface area contributed by atoms with Gasteiger partial charge in [-0.2, -0.15) is 0 Å². The van der Waals surface area contributed by atoms with Crippen molar-refractivity contribution in [1.29, 1.82) is 0 Å². The average Bonchev–Trinajstić information content (AvgIpc) is 2.33. The lowest BCUT2D eigenvalue weighted by atomic mass is 9.99. The fraction of sp³-hybridized carbons (Fsp3) is 0.929. The van der Waals surface area contributed by atoms with E-state index in [1.165, 1.54) is 0 Å². The zero-order chi connectivity index (χ0) is 13.9. The van der Waals surface area contributed by atoms with Crippen molar-refractivity contribution in [2.75, 3.05) is 52.5 Å². The molecular formula is C14H26N2O3. The van der Waals surface area contributed by atoms with Gasteiger partial charge in [0.25, 0.3) is 0 Å². The molecule has 2 heterocycles. The molecule has 0 amide bonds. The highest BCUT2D eigenvalue weighted by Gasteiger charge is 2.28. The standard InChI is InChI=1S/C14H26N2O3/c1-14(2,18)11-16-6-4-15(5-7-16)9-12-10-19-8-3-13(12)17/h12,18H,3-11H2,1-2H3. The van der Waals surface area contributed by atoms with E-state index in [1.807, 2.05) is 13.8 Å². The Kier molecular flexibility index (Phi) is 4.95. The summed E-state index contributed by atoms with van der Waals surface area (Å²) in [6.45, 7) is 10.3. The smallest absolute Gasteiger partial charge is 0.141 e. The van der Waals surface area contributed by atoms with Crippen LogP contribution in [0.4, 0.5) is 0 Å². The van der Waals surface area contributed by atoms with Gasteiger partial charge in [-0.1, -0.05) is 0 Å². The van der Waals surface area contributed by atoms with E-state index >= 15 is 0 Å². The van der Waals surface area contributed by atoms with Crippen LogP contribution in [0.2, 0.25) is 0 Å². The van der Waals surface area contributed by atoms with Crippen molar-refractivity contribution in [3.8, 4) is 0 Å². The number of aliphatic hydroxyl groups is 1. The minimum atomic E-state index is -0.630. The number of ether oxygens (including phenoxy) is 1. The summed E-state index contributed by atoms with van der Waals surface area (Å²) < 4.78 is 5.39. The Bertz CT molecular complexity index is 306. The highest BCUT2D eigenvalue weighted by molar-refractivity contribution is 5.82. The Balaban J connectivity index is 1.72. The highest BCUT2D eigenvalue weighted by Crippen LogP contribution is 2.14. The number of Topliss-reactive ketones (excluding diaryl/α,β-unsaturated/α-hetero) is 1. The van der Waals surface area contributed by atoms with E-state index in [-0.39, 0.29) is 5.92 Å². The summed E-state index contributed by atoms with van der Waals surface area (Å²) in [6.07, 6.45) is 0.573. The molecule has 0 radical (unpaired) electrons. The predicted molar refractivity (Wildman–Crippen MR) is 73.1 cm³/mol. The fourth-order valence-corrected chi connectivity index (χ4v) is 2.84. The SMILES string of the molecule is CC(C)(O)CN1CCN(CC2COCCC2=O)CC1. The molecule has 0 saturated carbocycles. The number of rotatable bonds is 4. The maximum absolute atomic E-state index is 11.8. The Morgan fingerprint density at radius 2 is 1.89 bits per heavy atom. The first-order chi connectivity index (χ1) is 8.94. The van der Waals surface area contributed by atoms with Crippen LogP contribution in [0.1, 0.15) is 20.3 Å². The molecule has 1 atom stereocenters. The molecule has 1 unspecified atom stereocenters. The van der Waals surface area contributed by atoms with Crippen LogP contribution in [-0.2, 0) is 9.53 Å². The first-order valence-electron chi connectivity index (χ1n) is 7.21. The fourth-order valence-electron chi connectivity index (χ4n) is 2.84. The number of hydrogen-bond donors (Lipinski definition) is 1. The van der Waals surface area contributed by atoms with Crippen molar-refractivity contribution < 1.29 is 14.6 Å². The minimum Gasteiger partial charge on any atom is -0.389 e.